The van der Waals surface area contributed by atoms with Crippen LogP contribution in [0.25, 0.3) is 0 Å². The Bertz CT molecular complexity index is 892. The molecule has 2 saturated heterocycles. The maximum Gasteiger partial charge on any atom is 0.433 e. The Kier molecular flexibility index (Phi) is 7.67. The van der Waals surface area contributed by atoms with Crippen LogP contribution in [0.1, 0.15) is 64.1 Å². The van der Waals surface area contributed by atoms with Crippen LogP contribution in [0.3, 0.4) is 0 Å². The van der Waals surface area contributed by atoms with Crippen molar-refractivity contribution in [2.75, 3.05) is 38.2 Å². The van der Waals surface area contributed by atoms with E-state index in [9.17, 15) is 22.8 Å². The number of pyridine rings is 1. The lowest BCUT2D eigenvalue weighted by Crippen LogP contribution is -2.38. The second-order valence-electron chi connectivity index (χ2n) is 10.1. The van der Waals surface area contributed by atoms with Crippen LogP contribution < -0.4 is 4.90 Å². The first-order valence-corrected chi connectivity index (χ1v) is 11.7. The zero-order chi connectivity index (χ0) is 25.3. The highest BCUT2D eigenvalue weighted by Gasteiger charge is 2.41. The summed E-state index contributed by atoms with van der Waals surface area (Å²) in [6, 6.07) is 2.52. The first-order valence-electron chi connectivity index (χ1n) is 11.7. The fraction of sp³-hybridized carbons (Fsp3) is 0.708. The lowest BCUT2D eigenvalue weighted by Gasteiger charge is -2.34. The van der Waals surface area contributed by atoms with Gasteiger partial charge in [-0.3, -0.25) is 4.79 Å². The highest BCUT2D eigenvalue weighted by molar-refractivity contribution is 5.73. The molecule has 0 saturated carbocycles. The molecule has 34 heavy (non-hydrogen) atoms. The first kappa shape index (κ1) is 26.1. The van der Waals surface area contributed by atoms with Gasteiger partial charge in [-0.2, -0.15) is 13.2 Å². The molecule has 7 nitrogen and oxygen atoms in total. The number of esters is 1. The molecule has 0 N–H and O–H groups in total. The lowest BCUT2D eigenvalue weighted by molar-refractivity contribution is -0.146. The fourth-order valence-electron chi connectivity index (χ4n) is 4.77. The molecular formula is C24H34F3N3O4. The molecule has 0 radical (unpaired) electrons. The Morgan fingerprint density at radius 1 is 1.12 bits per heavy atom. The lowest BCUT2D eigenvalue weighted by atomic mass is 9.86. The molecule has 0 bridgehead atoms. The maximum atomic E-state index is 13.5. The average molecular weight is 486 g/mol. The fourth-order valence-corrected chi connectivity index (χ4v) is 4.77. The van der Waals surface area contributed by atoms with E-state index in [4.69, 9.17) is 9.47 Å². The highest BCUT2D eigenvalue weighted by Crippen LogP contribution is 2.41. The third-order valence-electron chi connectivity index (χ3n) is 6.54. The third-order valence-corrected chi connectivity index (χ3v) is 6.54. The second-order valence-corrected chi connectivity index (χ2v) is 10.1. The summed E-state index contributed by atoms with van der Waals surface area (Å²) in [5.74, 6) is -0.384. The van der Waals surface area contributed by atoms with Crippen LogP contribution in [0.2, 0.25) is 0 Å². The van der Waals surface area contributed by atoms with Gasteiger partial charge in [-0.05, 0) is 51.2 Å². The maximum absolute atomic E-state index is 13.5. The molecule has 3 heterocycles. The molecule has 2 fully saturated rings. The molecule has 1 aromatic heterocycles. The van der Waals surface area contributed by atoms with Crippen molar-refractivity contribution >= 4 is 17.9 Å². The van der Waals surface area contributed by atoms with Crippen molar-refractivity contribution < 1.29 is 32.2 Å². The summed E-state index contributed by atoms with van der Waals surface area (Å²) in [4.78, 5) is 32.1. The predicted octanol–water partition coefficient (Wildman–Crippen LogP) is 4.85. The number of ether oxygens (including phenoxy) is 2. The van der Waals surface area contributed by atoms with E-state index in [2.05, 4.69) is 4.98 Å². The largest absolute Gasteiger partial charge is 0.469 e. The number of anilines is 1. The summed E-state index contributed by atoms with van der Waals surface area (Å²) in [6.07, 6.45) is -3.27. The standard InChI is InChI=1S/C24H34F3N3O4/c1-6-15-13-30(22(32)34-23(2,3)4)14-18(15)17-7-8-19(24(25,26)27)28-20(17)29-11-9-16(10-12-29)21(31)33-5/h7-8,15-16,18H,6,9-14H2,1-5H3/t15-,18-/m0/s1. The van der Waals surface area contributed by atoms with Crippen LogP contribution in [0, 0.1) is 11.8 Å². The number of carbonyl (C=O) groups is 2. The molecule has 0 aromatic carbocycles. The Labute approximate surface area is 198 Å². The van der Waals surface area contributed by atoms with Crippen molar-refractivity contribution in [3.05, 3.63) is 23.4 Å². The number of amides is 1. The van der Waals surface area contributed by atoms with Crippen molar-refractivity contribution in [1.82, 2.24) is 9.88 Å². The van der Waals surface area contributed by atoms with E-state index >= 15 is 0 Å². The molecule has 0 aliphatic carbocycles. The van der Waals surface area contributed by atoms with Crippen LogP contribution in [0.5, 0.6) is 0 Å². The van der Waals surface area contributed by atoms with Crippen LogP contribution in [0.15, 0.2) is 12.1 Å². The van der Waals surface area contributed by atoms with Gasteiger partial charge in [0, 0.05) is 32.1 Å². The first-order chi connectivity index (χ1) is 15.8. The molecule has 2 atom stereocenters. The molecule has 1 aromatic rings. The number of piperidine rings is 1. The highest BCUT2D eigenvalue weighted by atomic mass is 19.4. The van der Waals surface area contributed by atoms with Gasteiger partial charge in [0.25, 0.3) is 0 Å². The summed E-state index contributed by atoms with van der Waals surface area (Å²) < 4.78 is 50.9. The molecule has 1 amide bonds. The Morgan fingerprint density at radius 2 is 1.76 bits per heavy atom. The van der Waals surface area contributed by atoms with Crippen LogP contribution in [-0.4, -0.2) is 60.8 Å². The molecular weight excluding hydrogens is 451 g/mol. The number of carbonyl (C=O) groups excluding carboxylic acids is 2. The van der Waals surface area contributed by atoms with Gasteiger partial charge in [-0.25, -0.2) is 9.78 Å². The van der Waals surface area contributed by atoms with Crippen LogP contribution in [0.4, 0.5) is 23.8 Å². The van der Waals surface area contributed by atoms with E-state index < -0.39 is 23.6 Å². The molecule has 3 rings (SSSR count). The normalized spacial score (nSPS) is 22.1. The number of hydrogen-bond acceptors (Lipinski definition) is 6. The monoisotopic (exact) mass is 485 g/mol. The quantitative estimate of drug-likeness (QED) is 0.568. The minimum absolute atomic E-state index is 0.0670. The molecule has 0 unspecified atom stereocenters. The number of aromatic nitrogens is 1. The molecule has 10 heteroatoms. The van der Waals surface area contributed by atoms with Gasteiger partial charge < -0.3 is 19.3 Å². The zero-order valence-corrected chi connectivity index (χ0v) is 20.4. The van der Waals surface area contributed by atoms with Crippen LogP contribution >= 0.6 is 0 Å². The Morgan fingerprint density at radius 3 is 2.29 bits per heavy atom. The van der Waals surface area contributed by atoms with E-state index in [1.165, 1.54) is 13.2 Å². The number of methoxy groups -OCH3 is 1. The minimum atomic E-state index is -4.57. The van der Waals surface area contributed by atoms with E-state index in [-0.39, 0.29) is 29.5 Å². The van der Waals surface area contributed by atoms with Gasteiger partial charge in [-0.1, -0.05) is 19.4 Å². The second kappa shape index (κ2) is 10.00. The van der Waals surface area contributed by atoms with E-state index in [0.717, 1.165) is 12.5 Å². The summed E-state index contributed by atoms with van der Waals surface area (Å²) in [5.41, 5.74) is -0.888. The van der Waals surface area contributed by atoms with Crippen molar-refractivity contribution in [3.63, 3.8) is 0 Å². The van der Waals surface area contributed by atoms with Crippen molar-refractivity contribution in [1.29, 1.82) is 0 Å². The molecule has 2 aliphatic rings. The van der Waals surface area contributed by atoms with E-state index in [1.54, 1.807) is 25.7 Å². The molecule has 190 valence electrons. The number of hydrogen-bond donors (Lipinski definition) is 0. The van der Waals surface area contributed by atoms with Gasteiger partial charge >= 0.3 is 18.2 Å². The van der Waals surface area contributed by atoms with E-state index in [0.29, 0.717) is 44.6 Å². The van der Waals surface area contributed by atoms with Gasteiger partial charge in [0.15, 0.2) is 0 Å². The number of halogens is 3. The molecule has 0 spiro atoms. The average Bonchev–Trinajstić information content (AvgIpc) is 3.21. The topological polar surface area (TPSA) is 72.0 Å². The van der Waals surface area contributed by atoms with Crippen molar-refractivity contribution in [3.8, 4) is 0 Å². The summed E-state index contributed by atoms with van der Waals surface area (Å²) in [6.45, 7) is 9.03. The summed E-state index contributed by atoms with van der Waals surface area (Å²) in [7, 11) is 1.34. The van der Waals surface area contributed by atoms with Gasteiger partial charge in [0.05, 0.1) is 13.0 Å². The van der Waals surface area contributed by atoms with Gasteiger partial charge in [0.1, 0.15) is 17.1 Å². The SMILES string of the molecule is CC[C@H]1CN(C(=O)OC(C)(C)C)C[C@@H]1c1ccc(C(F)(F)F)nc1N1CCC(C(=O)OC)CC1. The number of nitrogens with zero attached hydrogens (tertiary/aromatic N) is 3. The van der Waals surface area contributed by atoms with Gasteiger partial charge in [0.2, 0.25) is 0 Å². The minimum Gasteiger partial charge on any atom is -0.469 e. The van der Waals surface area contributed by atoms with Gasteiger partial charge in [-0.15, -0.1) is 0 Å². The third kappa shape index (κ3) is 5.93. The Hall–Kier alpha value is -2.52. The summed E-state index contributed by atoms with van der Waals surface area (Å²) >= 11 is 0. The van der Waals surface area contributed by atoms with Crippen molar-refractivity contribution in [2.24, 2.45) is 11.8 Å². The predicted molar refractivity (Wildman–Crippen MR) is 121 cm³/mol. The van der Waals surface area contributed by atoms with E-state index in [1.807, 2.05) is 11.8 Å². The smallest absolute Gasteiger partial charge is 0.433 e. The number of likely N-dealkylation sites (tertiary alicyclic amines) is 1. The van der Waals surface area contributed by atoms with Crippen LogP contribution in [-0.2, 0) is 20.4 Å². The zero-order valence-electron chi connectivity index (χ0n) is 20.4. The number of alkyl halides is 3. The summed E-state index contributed by atoms with van der Waals surface area (Å²) in [5, 5.41) is 0. The van der Waals surface area contributed by atoms with Crippen molar-refractivity contribution in [2.45, 2.75) is 64.7 Å². The molecule has 2 aliphatic heterocycles. The number of rotatable bonds is 4. The Balaban J connectivity index is 1.91.